The minimum absolute atomic E-state index is 0. The van der Waals surface area contributed by atoms with Crippen molar-refractivity contribution in [2.45, 2.75) is 44.8 Å². The molecule has 0 fully saturated rings. The summed E-state index contributed by atoms with van der Waals surface area (Å²) in [5.41, 5.74) is 2.21. The molecule has 1 rings (SSSR count). The quantitative estimate of drug-likeness (QED) is 0.769. The summed E-state index contributed by atoms with van der Waals surface area (Å²) in [4.78, 5) is 0. The van der Waals surface area contributed by atoms with Gasteiger partial charge in [-0.05, 0) is 23.6 Å². The molecule has 1 aromatic carbocycles. The Morgan fingerprint density at radius 1 is 1.09 bits per heavy atom. The molecule has 0 aliphatic heterocycles. The van der Waals surface area contributed by atoms with Gasteiger partial charge in [0.15, 0.2) is 0 Å². The number of aliphatic hydroxyl groups excluding tert-OH is 1. The Morgan fingerprint density at radius 3 is 2.00 bits per heavy atom. The number of hydrogen-bond donors (Lipinski definition) is 2. The Bertz CT molecular complexity index is 517. The van der Waals surface area contributed by atoms with Crippen LogP contribution in [0.15, 0.2) is 18.2 Å². The number of aliphatic hydroxyl groups is 1. The highest BCUT2D eigenvalue weighted by atomic mass is 35.5. The summed E-state index contributed by atoms with van der Waals surface area (Å²) in [7, 11) is 0. The second kappa shape index (κ2) is 7.72. The molecule has 0 aromatic heterocycles. The molecule has 1 aromatic rings. The van der Waals surface area contributed by atoms with Crippen LogP contribution in [0, 0.1) is 5.92 Å². The van der Waals surface area contributed by atoms with Crippen LogP contribution in [0.2, 0.25) is 0 Å². The molecule has 0 spiro atoms. The summed E-state index contributed by atoms with van der Waals surface area (Å²) in [6.45, 7) is 3.32. The smallest absolute Gasteiger partial charge is 0.391 e. The van der Waals surface area contributed by atoms with Gasteiger partial charge in [0.05, 0.1) is 23.3 Å². The first kappa shape index (κ1) is 22.0. The van der Waals surface area contributed by atoms with Crippen molar-refractivity contribution >= 4 is 12.4 Å². The van der Waals surface area contributed by atoms with Crippen LogP contribution in [0.25, 0.3) is 0 Å². The average Bonchev–Trinajstić information content (AvgIpc) is 2.42. The number of benzene rings is 1. The van der Waals surface area contributed by atoms with E-state index in [2.05, 4.69) is 0 Å². The van der Waals surface area contributed by atoms with Crippen LogP contribution in [-0.2, 0) is 12.4 Å². The highest BCUT2D eigenvalue weighted by Crippen LogP contribution is 2.39. The third kappa shape index (κ3) is 5.26. The largest absolute Gasteiger partial charge is 0.416 e. The first-order valence-electron chi connectivity index (χ1n) is 6.61. The molecule has 23 heavy (non-hydrogen) atoms. The van der Waals surface area contributed by atoms with Gasteiger partial charge in [0, 0.05) is 0 Å². The van der Waals surface area contributed by atoms with Gasteiger partial charge in [-0.15, -0.1) is 12.4 Å². The van der Waals surface area contributed by atoms with E-state index in [1.54, 1.807) is 13.8 Å². The Labute approximate surface area is 136 Å². The fraction of sp³-hybridized carbons (Fsp3) is 0.571. The molecule has 2 nitrogen and oxygen atoms in total. The summed E-state index contributed by atoms with van der Waals surface area (Å²) in [5, 5.41) is 9.94. The van der Waals surface area contributed by atoms with Gasteiger partial charge in [0.25, 0.3) is 0 Å². The topological polar surface area (TPSA) is 46.2 Å². The molecule has 0 bridgehead atoms. The fourth-order valence-electron chi connectivity index (χ4n) is 2.05. The maximum Gasteiger partial charge on any atom is 0.416 e. The first-order chi connectivity index (χ1) is 9.89. The lowest BCUT2D eigenvalue weighted by Crippen LogP contribution is -2.33. The molecule has 0 aliphatic rings. The van der Waals surface area contributed by atoms with Crippen LogP contribution in [-0.4, -0.2) is 11.2 Å². The van der Waals surface area contributed by atoms with Crippen molar-refractivity contribution in [1.82, 2.24) is 0 Å². The zero-order valence-corrected chi connectivity index (χ0v) is 13.2. The monoisotopic (exact) mass is 365 g/mol. The van der Waals surface area contributed by atoms with Crippen LogP contribution in [0.1, 0.15) is 43.0 Å². The van der Waals surface area contributed by atoms with Gasteiger partial charge in [-0.1, -0.05) is 26.3 Å². The Hall–Kier alpha value is -0.990. The molecule has 3 atom stereocenters. The van der Waals surface area contributed by atoms with Gasteiger partial charge in [0.2, 0.25) is 0 Å². The first-order valence-corrected chi connectivity index (χ1v) is 6.61. The van der Waals surface area contributed by atoms with Crippen LogP contribution < -0.4 is 5.73 Å². The number of nitrogens with two attached hydrogens (primary N) is 1. The van der Waals surface area contributed by atoms with Crippen LogP contribution in [0.5, 0.6) is 0 Å². The molecule has 134 valence electrons. The SMILES string of the molecule is CCC(C)[C@H](O)[C@H](N)c1ccc(C(F)(F)F)cc1C(F)(F)F.Cl. The van der Waals surface area contributed by atoms with E-state index in [4.69, 9.17) is 5.73 Å². The molecule has 0 amide bonds. The van der Waals surface area contributed by atoms with Crippen LogP contribution in [0.4, 0.5) is 26.3 Å². The van der Waals surface area contributed by atoms with Gasteiger partial charge >= 0.3 is 12.4 Å². The zero-order valence-electron chi connectivity index (χ0n) is 12.4. The van der Waals surface area contributed by atoms with E-state index in [9.17, 15) is 31.4 Å². The molecule has 3 N–H and O–H groups in total. The Morgan fingerprint density at radius 2 is 1.61 bits per heavy atom. The molecule has 9 heteroatoms. The second-order valence-corrected chi connectivity index (χ2v) is 5.20. The lowest BCUT2D eigenvalue weighted by Gasteiger charge is -2.27. The van der Waals surface area contributed by atoms with Crippen molar-refractivity contribution in [2.75, 3.05) is 0 Å². The maximum atomic E-state index is 13.0. The van der Waals surface area contributed by atoms with Crippen molar-refractivity contribution in [1.29, 1.82) is 0 Å². The van der Waals surface area contributed by atoms with E-state index >= 15 is 0 Å². The minimum Gasteiger partial charge on any atom is -0.391 e. The number of alkyl halides is 6. The summed E-state index contributed by atoms with van der Waals surface area (Å²) in [6.07, 6.45) is -10.7. The number of rotatable bonds is 4. The third-order valence-electron chi connectivity index (χ3n) is 3.64. The third-order valence-corrected chi connectivity index (χ3v) is 3.64. The van der Waals surface area contributed by atoms with E-state index in [1.165, 1.54) is 0 Å². The van der Waals surface area contributed by atoms with Crippen LogP contribution in [0.3, 0.4) is 0 Å². The zero-order chi connectivity index (χ0) is 17.3. The Kier molecular flexibility index (Phi) is 7.39. The normalized spacial score (nSPS) is 16.4. The molecule has 0 heterocycles. The molecule has 1 unspecified atom stereocenters. The summed E-state index contributed by atoms with van der Waals surface area (Å²) in [6, 6.07) is -0.178. The van der Waals surface area contributed by atoms with E-state index in [0.717, 1.165) is 0 Å². The van der Waals surface area contributed by atoms with Crippen molar-refractivity contribution in [3.05, 3.63) is 34.9 Å². The van der Waals surface area contributed by atoms with E-state index in [1.807, 2.05) is 0 Å². The standard InChI is InChI=1S/C14H17F6NO.ClH/c1-3-7(2)12(22)11(21)9-5-4-8(13(15,16)17)6-10(9)14(18,19)20;/h4-7,11-12,22H,3,21H2,1-2H3;1H/t7?,11-,12+;/m1./s1. The summed E-state index contributed by atoms with van der Waals surface area (Å²) >= 11 is 0. The minimum atomic E-state index is -5.00. The van der Waals surface area contributed by atoms with Crippen molar-refractivity contribution in [3.8, 4) is 0 Å². The summed E-state index contributed by atoms with van der Waals surface area (Å²) < 4.78 is 76.8. The fourth-order valence-corrected chi connectivity index (χ4v) is 2.05. The maximum absolute atomic E-state index is 13.0. The molecule has 0 saturated heterocycles. The molecule has 0 radical (unpaired) electrons. The number of halogens is 7. The number of hydrogen-bond acceptors (Lipinski definition) is 2. The van der Waals surface area contributed by atoms with Gasteiger partial charge in [0.1, 0.15) is 0 Å². The second-order valence-electron chi connectivity index (χ2n) is 5.20. The van der Waals surface area contributed by atoms with Gasteiger partial charge < -0.3 is 10.8 Å². The average molecular weight is 366 g/mol. The van der Waals surface area contributed by atoms with E-state index < -0.39 is 47.1 Å². The highest BCUT2D eigenvalue weighted by Gasteiger charge is 2.40. The predicted molar refractivity (Wildman–Crippen MR) is 76.1 cm³/mol. The van der Waals surface area contributed by atoms with E-state index in [-0.39, 0.29) is 18.5 Å². The van der Waals surface area contributed by atoms with Crippen molar-refractivity contribution < 1.29 is 31.4 Å². The van der Waals surface area contributed by atoms with Crippen LogP contribution >= 0.6 is 12.4 Å². The van der Waals surface area contributed by atoms with Gasteiger partial charge in [-0.25, -0.2) is 0 Å². The molecular formula is C14H18ClF6NO. The Balaban J connectivity index is 0.00000484. The molecule has 0 saturated carbocycles. The lowest BCUT2D eigenvalue weighted by molar-refractivity contribution is -0.143. The van der Waals surface area contributed by atoms with Crippen molar-refractivity contribution in [3.63, 3.8) is 0 Å². The van der Waals surface area contributed by atoms with Crippen molar-refractivity contribution in [2.24, 2.45) is 11.7 Å². The lowest BCUT2D eigenvalue weighted by atomic mass is 9.88. The predicted octanol–water partition coefficient (Wildman–Crippen LogP) is 4.55. The van der Waals surface area contributed by atoms with Gasteiger partial charge in [-0.3, -0.25) is 0 Å². The molecule has 0 aliphatic carbocycles. The molecular weight excluding hydrogens is 348 g/mol. The van der Waals surface area contributed by atoms with Gasteiger partial charge in [-0.2, -0.15) is 26.3 Å². The summed E-state index contributed by atoms with van der Waals surface area (Å²) in [5.74, 6) is -0.390. The van der Waals surface area contributed by atoms with E-state index in [0.29, 0.717) is 18.6 Å². The highest BCUT2D eigenvalue weighted by molar-refractivity contribution is 5.85.